The number of hydrogen-bond acceptors (Lipinski definition) is 4. The van der Waals surface area contributed by atoms with E-state index in [1.54, 1.807) is 0 Å². The molecular formula is C9H8N2O4. The quantitative estimate of drug-likeness (QED) is 0.521. The molecule has 15 heavy (non-hydrogen) atoms. The minimum absolute atomic E-state index is 0.0236. The first-order valence-corrected chi connectivity index (χ1v) is 4.38. The van der Waals surface area contributed by atoms with Crippen LogP contribution in [0.2, 0.25) is 0 Å². The number of aromatic hydroxyl groups is 1. The maximum atomic E-state index is 11.4. The molecule has 0 atom stereocenters. The molecule has 1 aromatic rings. The molecule has 1 aromatic carbocycles. The number of phenols is 1. The predicted molar refractivity (Wildman–Crippen MR) is 50.8 cm³/mol. The van der Waals surface area contributed by atoms with Gasteiger partial charge >= 0.3 is 5.69 Å². The van der Waals surface area contributed by atoms with Crippen LogP contribution in [-0.4, -0.2) is 22.5 Å². The average molecular weight is 208 g/mol. The third kappa shape index (κ3) is 1.39. The zero-order valence-electron chi connectivity index (χ0n) is 7.69. The summed E-state index contributed by atoms with van der Waals surface area (Å²) < 4.78 is 0. The summed E-state index contributed by atoms with van der Waals surface area (Å²) in [7, 11) is 0. The number of benzene rings is 1. The van der Waals surface area contributed by atoms with Crippen molar-refractivity contribution in [3.8, 4) is 5.75 Å². The molecule has 1 amide bonds. The lowest BCUT2D eigenvalue weighted by Crippen LogP contribution is -2.31. The number of nitrogens with one attached hydrogen (secondary N) is 1. The fourth-order valence-corrected chi connectivity index (χ4v) is 1.63. The SMILES string of the molecule is O=C1NCCc2ccc([N+](=O)[O-])c(O)c21. The van der Waals surface area contributed by atoms with E-state index < -0.39 is 22.3 Å². The summed E-state index contributed by atoms with van der Waals surface area (Å²) in [5, 5.41) is 22.6. The van der Waals surface area contributed by atoms with E-state index in [-0.39, 0.29) is 5.56 Å². The number of rotatable bonds is 1. The van der Waals surface area contributed by atoms with Gasteiger partial charge in [0.2, 0.25) is 5.75 Å². The molecule has 78 valence electrons. The molecule has 1 aliphatic heterocycles. The van der Waals surface area contributed by atoms with Crippen molar-refractivity contribution in [3.05, 3.63) is 33.4 Å². The third-order valence-corrected chi connectivity index (χ3v) is 2.35. The number of hydrogen-bond donors (Lipinski definition) is 2. The highest BCUT2D eigenvalue weighted by Gasteiger charge is 2.26. The molecule has 6 nitrogen and oxygen atoms in total. The highest BCUT2D eigenvalue weighted by Crippen LogP contribution is 2.33. The monoisotopic (exact) mass is 208 g/mol. The second kappa shape index (κ2) is 3.23. The van der Waals surface area contributed by atoms with Crippen LogP contribution in [0.4, 0.5) is 5.69 Å². The van der Waals surface area contributed by atoms with E-state index in [4.69, 9.17) is 0 Å². The number of nitro benzene ring substituents is 1. The molecule has 0 saturated heterocycles. The van der Waals surface area contributed by atoms with E-state index in [9.17, 15) is 20.0 Å². The summed E-state index contributed by atoms with van der Waals surface area (Å²) in [5.74, 6) is -1.01. The highest BCUT2D eigenvalue weighted by molar-refractivity contribution is 6.00. The van der Waals surface area contributed by atoms with Gasteiger partial charge in [-0.15, -0.1) is 0 Å². The Morgan fingerprint density at radius 3 is 2.87 bits per heavy atom. The topological polar surface area (TPSA) is 92.5 Å². The standard InChI is InChI=1S/C9H8N2O4/c12-8-6(11(14)15)2-1-5-3-4-10-9(13)7(5)8/h1-2,12H,3-4H2,(H,10,13). The molecule has 0 aliphatic carbocycles. The van der Waals surface area contributed by atoms with Gasteiger partial charge in [-0.05, 0) is 12.0 Å². The zero-order chi connectivity index (χ0) is 11.0. The molecule has 0 radical (unpaired) electrons. The van der Waals surface area contributed by atoms with Crippen LogP contribution in [0.1, 0.15) is 15.9 Å². The van der Waals surface area contributed by atoms with E-state index in [1.807, 2.05) is 0 Å². The number of nitrogens with zero attached hydrogens (tertiary/aromatic N) is 1. The van der Waals surface area contributed by atoms with Crippen molar-refractivity contribution in [2.45, 2.75) is 6.42 Å². The van der Waals surface area contributed by atoms with Crippen LogP contribution in [0.25, 0.3) is 0 Å². The van der Waals surface area contributed by atoms with Crippen LogP contribution in [0.15, 0.2) is 12.1 Å². The second-order valence-electron chi connectivity index (χ2n) is 3.23. The Labute approximate surface area is 84.7 Å². The molecule has 0 spiro atoms. The lowest BCUT2D eigenvalue weighted by atomic mass is 9.98. The molecule has 0 aromatic heterocycles. The number of fused-ring (bicyclic) bond motifs is 1. The maximum Gasteiger partial charge on any atom is 0.311 e. The van der Waals surface area contributed by atoms with E-state index in [0.29, 0.717) is 18.5 Å². The number of carbonyl (C=O) groups is 1. The first-order valence-electron chi connectivity index (χ1n) is 4.38. The van der Waals surface area contributed by atoms with Gasteiger partial charge in [0.25, 0.3) is 5.91 Å². The summed E-state index contributed by atoms with van der Waals surface area (Å²) in [6.45, 7) is 0.489. The Hall–Kier alpha value is -2.11. The normalized spacial score (nSPS) is 14.3. The Bertz CT molecular complexity index is 456. The molecule has 2 rings (SSSR count). The van der Waals surface area contributed by atoms with Gasteiger partial charge in [-0.3, -0.25) is 14.9 Å². The van der Waals surface area contributed by atoms with E-state index in [0.717, 1.165) is 0 Å². The van der Waals surface area contributed by atoms with Crippen LogP contribution in [0, 0.1) is 10.1 Å². The minimum Gasteiger partial charge on any atom is -0.502 e. The third-order valence-electron chi connectivity index (χ3n) is 2.35. The van der Waals surface area contributed by atoms with Crippen molar-refractivity contribution in [2.75, 3.05) is 6.54 Å². The zero-order valence-corrected chi connectivity index (χ0v) is 7.69. The predicted octanol–water partition coefficient (Wildman–Crippen LogP) is 0.586. The van der Waals surface area contributed by atoms with E-state index in [2.05, 4.69) is 5.32 Å². The molecule has 0 fully saturated rings. The molecule has 1 heterocycles. The first kappa shape index (κ1) is 9.45. The van der Waals surface area contributed by atoms with Crippen molar-refractivity contribution in [3.63, 3.8) is 0 Å². The van der Waals surface area contributed by atoms with Crippen LogP contribution < -0.4 is 5.32 Å². The second-order valence-corrected chi connectivity index (χ2v) is 3.23. The van der Waals surface area contributed by atoms with Gasteiger partial charge in [0.05, 0.1) is 10.5 Å². The van der Waals surface area contributed by atoms with Gasteiger partial charge < -0.3 is 10.4 Å². The van der Waals surface area contributed by atoms with Crippen molar-refractivity contribution in [1.82, 2.24) is 5.32 Å². The summed E-state index contributed by atoms with van der Waals surface area (Å²) in [6.07, 6.45) is 0.576. The van der Waals surface area contributed by atoms with Crippen LogP contribution in [0.5, 0.6) is 5.75 Å². The Morgan fingerprint density at radius 2 is 2.20 bits per heavy atom. The van der Waals surface area contributed by atoms with Crippen molar-refractivity contribution < 1.29 is 14.8 Å². The molecule has 0 bridgehead atoms. The van der Waals surface area contributed by atoms with Crippen LogP contribution >= 0.6 is 0 Å². The van der Waals surface area contributed by atoms with Gasteiger partial charge in [-0.25, -0.2) is 0 Å². The number of carbonyl (C=O) groups excluding carboxylic acids is 1. The molecular weight excluding hydrogens is 200 g/mol. The average Bonchev–Trinajstić information content (AvgIpc) is 2.17. The largest absolute Gasteiger partial charge is 0.502 e. The highest BCUT2D eigenvalue weighted by atomic mass is 16.6. The molecule has 2 N–H and O–H groups in total. The van der Waals surface area contributed by atoms with E-state index in [1.165, 1.54) is 12.1 Å². The van der Waals surface area contributed by atoms with Gasteiger partial charge in [-0.1, -0.05) is 6.07 Å². The summed E-state index contributed by atoms with van der Waals surface area (Å²) in [4.78, 5) is 21.2. The number of phenolic OH excluding ortho intramolecular Hbond substituents is 1. The molecule has 0 unspecified atom stereocenters. The van der Waals surface area contributed by atoms with Crippen molar-refractivity contribution in [2.24, 2.45) is 0 Å². The molecule has 6 heteroatoms. The fraction of sp³-hybridized carbons (Fsp3) is 0.222. The fourth-order valence-electron chi connectivity index (χ4n) is 1.63. The Kier molecular flexibility index (Phi) is 2.03. The van der Waals surface area contributed by atoms with Gasteiger partial charge in [0.1, 0.15) is 0 Å². The lowest BCUT2D eigenvalue weighted by molar-refractivity contribution is -0.385. The smallest absolute Gasteiger partial charge is 0.311 e. The van der Waals surface area contributed by atoms with E-state index >= 15 is 0 Å². The molecule has 1 aliphatic rings. The first-order chi connectivity index (χ1) is 7.11. The maximum absolute atomic E-state index is 11.4. The Morgan fingerprint density at radius 1 is 1.47 bits per heavy atom. The Balaban J connectivity index is 2.64. The van der Waals surface area contributed by atoms with Gasteiger partial charge in [-0.2, -0.15) is 0 Å². The summed E-state index contributed by atoms with van der Waals surface area (Å²) in [6, 6.07) is 2.72. The summed E-state index contributed by atoms with van der Waals surface area (Å²) in [5.41, 5.74) is 0.225. The number of nitro groups is 1. The minimum atomic E-state index is -0.711. The van der Waals surface area contributed by atoms with Crippen molar-refractivity contribution >= 4 is 11.6 Å². The molecule has 0 saturated carbocycles. The van der Waals surface area contributed by atoms with Gasteiger partial charge in [0, 0.05) is 12.6 Å². The summed E-state index contributed by atoms with van der Waals surface area (Å²) >= 11 is 0. The van der Waals surface area contributed by atoms with Crippen LogP contribution in [0.3, 0.4) is 0 Å². The van der Waals surface area contributed by atoms with Crippen molar-refractivity contribution in [1.29, 1.82) is 0 Å². The van der Waals surface area contributed by atoms with Gasteiger partial charge in [0.15, 0.2) is 0 Å². The number of amides is 1. The lowest BCUT2D eigenvalue weighted by Gasteiger charge is -2.16. The van der Waals surface area contributed by atoms with Crippen LogP contribution in [-0.2, 0) is 6.42 Å².